The van der Waals surface area contributed by atoms with Crippen LogP contribution in [-0.2, 0) is 23.1 Å². The lowest BCUT2D eigenvalue weighted by atomic mass is 10.2. The summed E-state index contributed by atoms with van der Waals surface area (Å²) in [6.07, 6.45) is 5.45. The van der Waals surface area contributed by atoms with Gasteiger partial charge >= 0.3 is 0 Å². The van der Waals surface area contributed by atoms with Gasteiger partial charge < -0.3 is 5.32 Å². The van der Waals surface area contributed by atoms with Gasteiger partial charge in [-0.3, -0.25) is 4.98 Å². The topological polar surface area (TPSA) is 62.3 Å². The molecule has 1 aliphatic heterocycles. The number of pyridine rings is 1. The molecule has 0 spiro atoms. The number of hydrogen-bond donors (Lipinski definition) is 1. The number of hydrogen-bond acceptors (Lipinski definition) is 4. The number of sulfonamides is 1. The monoisotopic (exact) mass is 331 g/mol. The quantitative estimate of drug-likeness (QED) is 0.881. The first kappa shape index (κ1) is 16.1. The van der Waals surface area contributed by atoms with Crippen LogP contribution < -0.4 is 5.32 Å². The number of rotatable bonds is 6. The Labute approximate surface area is 137 Å². The zero-order valence-corrected chi connectivity index (χ0v) is 13.8. The molecule has 23 heavy (non-hydrogen) atoms. The first-order valence-corrected chi connectivity index (χ1v) is 9.29. The van der Waals surface area contributed by atoms with E-state index in [1.165, 1.54) is 5.56 Å². The summed E-state index contributed by atoms with van der Waals surface area (Å²) in [5.74, 6) is 0. The van der Waals surface area contributed by atoms with Crippen LogP contribution in [0.5, 0.6) is 0 Å². The van der Waals surface area contributed by atoms with Crippen molar-refractivity contribution in [3.63, 3.8) is 0 Å². The van der Waals surface area contributed by atoms with Gasteiger partial charge in [-0.15, -0.1) is 0 Å². The minimum absolute atomic E-state index is 0.386. The average molecular weight is 331 g/mol. The molecule has 1 aliphatic rings. The Hall–Kier alpha value is -1.76. The molecule has 0 unspecified atom stereocenters. The summed E-state index contributed by atoms with van der Waals surface area (Å²) >= 11 is 0. The fourth-order valence-electron chi connectivity index (χ4n) is 2.71. The molecule has 0 saturated carbocycles. The third-order valence-electron chi connectivity index (χ3n) is 4.03. The first-order chi connectivity index (χ1) is 11.2. The predicted octanol–water partition coefficient (Wildman–Crippen LogP) is 2.16. The van der Waals surface area contributed by atoms with Crippen LogP contribution in [-0.4, -0.2) is 30.8 Å². The minimum atomic E-state index is -3.31. The molecule has 1 N–H and O–H groups in total. The molecule has 122 valence electrons. The fourth-order valence-corrected chi connectivity index (χ4v) is 4.23. The molecule has 1 aromatic carbocycles. The zero-order chi connectivity index (χ0) is 16.1. The van der Waals surface area contributed by atoms with Crippen molar-refractivity contribution in [3.8, 4) is 0 Å². The molecule has 0 aliphatic carbocycles. The van der Waals surface area contributed by atoms with Crippen molar-refractivity contribution in [2.75, 3.05) is 13.1 Å². The van der Waals surface area contributed by atoms with Gasteiger partial charge in [0.2, 0.25) is 10.0 Å². The van der Waals surface area contributed by atoms with Crippen LogP contribution >= 0.6 is 0 Å². The van der Waals surface area contributed by atoms with Crippen LogP contribution in [0.2, 0.25) is 0 Å². The van der Waals surface area contributed by atoms with Gasteiger partial charge in [-0.05, 0) is 48.2 Å². The molecule has 0 atom stereocenters. The summed E-state index contributed by atoms with van der Waals surface area (Å²) in [6, 6.07) is 11.1. The summed E-state index contributed by atoms with van der Waals surface area (Å²) in [5, 5.41) is 3.34. The molecule has 1 aromatic heterocycles. The molecule has 2 heterocycles. The molecule has 3 rings (SSSR count). The van der Waals surface area contributed by atoms with Gasteiger partial charge in [-0.25, -0.2) is 8.42 Å². The van der Waals surface area contributed by atoms with Crippen LogP contribution in [0.4, 0.5) is 0 Å². The smallest absolute Gasteiger partial charge is 0.243 e. The Morgan fingerprint density at radius 1 is 0.913 bits per heavy atom. The predicted molar refractivity (Wildman–Crippen MR) is 89.2 cm³/mol. The molecule has 0 radical (unpaired) electrons. The van der Waals surface area contributed by atoms with Crippen LogP contribution in [0.1, 0.15) is 24.0 Å². The Kier molecular flexibility index (Phi) is 5.05. The number of benzene rings is 1. The highest BCUT2D eigenvalue weighted by molar-refractivity contribution is 7.89. The molecule has 0 amide bonds. The summed E-state index contributed by atoms with van der Waals surface area (Å²) < 4.78 is 26.5. The second kappa shape index (κ2) is 7.21. The Morgan fingerprint density at radius 2 is 1.48 bits per heavy atom. The van der Waals surface area contributed by atoms with Gasteiger partial charge in [0, 0.05) is 38.6 Å². The third-order valence-corrected chi connectivity index (χ3v) is 5.95. The summed E-state index contributed by atoms with van der Waals surface area (Å²) in [7, 11) is -3.31. The lowest BCUT2D eigenvalue weighted by Crippen LogP contribution is -2.27. The second-order valence-corrected chi connectivity index (χ2v) is 7.65. The van der Waals surface area contributed by atoms with E-state index in [2.05, 4.69) is 10.3 Å². The van der Waals surface area contributed by atoms with E-state index in [0.29, 0.717) is 24.5 Å². The fraction of sp³-hybridized carbons (Fsp3) is 0.353. The van der Waals surface area contributed by atoms with Gasteiger partial charge in [-0.2, -0.15) is 4.31 Å². The summed E-state index contributed by atoms with van der Waals surface area (Å²) in [6.45, 7) is 2.73. The van der Waals surface area contributed by atoms with Gasteiger partial charge in [0.25, 0.3) is 0 Å². The van der Waals surface area contributed by atoms with Crippen molar-refractivity contribution in [3.05, 3.63) is 59.9 Å². The van der Waals surface area contributed by atoms with E-state index >= 15 is 0 Å². The van der Waals surface area contributed by atoms with E-state index in [9.17, 15) is 8.42 Å². The average Bonchev–Trinajstić information content (AvgIpc) is 3.12. The van der Waals surface area contributed by atoms with E-state index < -0.39 is 10.0 Å². The molecule has 1 saturated heterocycles. The maximum atomic E-state index is 12.4. The molecule has 1 fully saturated rings. The van der Waals surface area contributed by atoms with Crippen LogP contribution in [0.15, 0.2) is 53.7 Å². The lowest BCUT2D eigenvalue weighted by Gasteiger charge is -2.15. The molecular formula is C17H21N3O2S. The van der Waals surface area contributed by atoms with Crippen molar-refractivity contribution in [1.82, 2.24) is 14.6 Å². The van der Waals surface area contributed by atoms with Crippen molar-refractivity contribution in [2.24, 2.45) is 0 Å². The normalized spacial score (nSPS) is 15.8. The highest BCUT2D eigenvalue weighted by Gasteiger charge is 2.26. The Morgan fingerprint density at radius 3 is 2.09 bits per heavy atom. The SMILES string of the molecule is O=S(=O)(c1ccc(CNCc2ccncc2)cc1)N1CCCC1. The van der Waals surface area contributed by atoms with Gasteiger partial charge in [0.1, 0.15) is 0 Å². The highest BCUT2D eigenvalue weighted by atomic mass is 32.2. The minimum Gasteiger partial charge on any atom is -0.309 e. The van der Waals surface area contributed by atoms with E-state index in [4.69, 9.17) is 0 Å². The van der Waals surface area contributed by atoms with Crippen LogP contribution in [0, 0.1) is 0 Å². The Balaban J connectivity index is 1.59. The van der Waals surface area contributed by atoms with Gasteiger partial charge in [-0.1, -0.05) is 12.1 Å². The van der Waals surface area contributed by atoms with E-state index in [1.54, 1.807) is 28.8 Å². The molecular weight excluding hydrogens is 310 g/mol. The standard InChI is InChI=1S/C17H21N3O2S/c21-23(22,20-11-1-2-12-20)17-5-3-15(4-6-17)13-19-14-16-7-9-18-10-8-16/h3-10,19H,1-2,11-14H2. The van der Waals surface area contributed by atoms with Crippen LogP contribution in [0.3, 0.4) is 0 Å². The van der Waals surface area contributed by atoms with Crippen molar-refractivity contribution in [1.29, 1.82) is 0 Å². The number of nitrogens with one attached hydrogen (secondary N) is 1. The van der Waals surface area contributed by atoms with Gasteiger partial charge in [0.15, 0.2) is 0 Å². The van der Waals surface area contributed by atoms with E-state index in [0.717, 1.165) is 24.9 Å². The lowest BCUT2D eigenvalue weighted by molar-refractivity contribution is 0.477. The number of aromatic nitrogens is 1. The third kappa shape index (κ3) is 3.96. The second-order valence-electron chi connectivity index (χ2n) is 5.71. The maximum absolute atomic E-state index is 12.4. The van der Waals surface area contributed by atoms with Crippen molar-refractivity contribution >= 4 is 10.0 Å². The molecule has 0 bridgehead atoms. The largest absolute Gasteiger partial charge is 0.309 e. The summed E-state index contributed by atoms with van der Waals surface area (Å²) in [4.78, 5) is 4.37. The van der Waals surface area contributed by atoms with E-state index in [1.807, 2.05) is 24.3 Å². The summed E-state index contributed by atoms with van der Waals surface area (Å²) in [5.41, 5.74) is 2.24. The Bertz CT molecular complexity index is 724. The van der Waals surface area contributed by atoms with Crippen LogP contribution in [0.25, 0.3) is 0 Å². The first-order valence-electron chi connectivity index (χ1n) is 7.85. The van der Waals surface area contributed by atoms with Crippen molar-refractivity contribution in [2.45, 2.75) is 30.8 Å². The van der Waals surface area contributed by atoms with E-state index in [-0.39, 0.29) is 0 Å². The van der Waals surface area contributed by atoms with Crippen molar-refractivity contribution < 1.29 is 8.42 Å². The zero-order valence-electron chi connectivity index (χ0n) is 13.0. The van der Waals surface area contributed by atoms with Gasteiger partial charge in [0.05, 0.1) is 4.90 Å². The maximum Gasteiger partial charge on any atom is 0.243 e. The molecule has 6 heteroatoms. The molecule has 5 nitrogen and oxygen atoms in total. The highest BCUT2D eigenvalue weighted by Crippen LogP contribution is 2.21. The molecule has 2 aromatic rings. The number of nitrogens with zero attached hydrogens (tertiary/aromatic N) is 2.